The van der Waals surface area contributed by atoms with Crippen LogP contribution in [-0.4, -0.2) is 35.5 Å². The largest absolute Gasteiger partial charge is 0.369 e. The molecule has 6 nitrogen and oxygen atoms in total. The number of amides is 1. The molecule has 1 saturated heterocycles. The van der Waals surface area contributed by atoms with Gasteiger partial charge in [0.25, 0.3) is 0 Å². The van der Waals surface area contributed by atoms with Gasteiger partial charge in [-0.25, -0.2) is 9.97 Å². The molecule has 2 rings (SSSR count). The second-order valence-corrected chi connectivity index (χ2v) is 6.08. The van der Waals surface area contributed by atoms with Crippen molar-refractivity contribution in [2.24, 2.45) is 17.6 Å². The minimum absolute atomic E-state index is 0.000701. The molecule has 1 fully saturated rings. The first-order valence-electron chi connectivity index (χ1n) is 7.62. The smallest absolute Gasteiger partial charge is 0.225 e. The summed E-state index contributed by atoms with van der Waals surface area (Å²) in [5.74, 6) is 1.19. The van der Waals surface area contributed by atoms with Gasteiger partial charge in [-0.05, 0) is 25.3 Å². The number of nitrogens with one attached hydrogen (secondary N) is 1. The third-order valence-corrected chi connectivity index (χ3v) is 3.75. The lowest BCUT2D eigenvalue weighted by Gasteiger charge is -2.30. The number of piperidine rings is 1. The average Bonchev–Trinajstić information content (AvgIpc) is 2.48. The van der Waals surface area contributed by atoms with Crippen molar-refractivity contribution in [1.82, 2.24) is 15.3 Å². The topological polar surface area (TPSA) is 84.1 Å². The van der Waals surface area contributed by atoms with Crippen molar-refractivity contribution in [3.05, 3.63) is 18.0 Å². The number of aromatic nitrogens is 2. The molecule has 1 aromatic heterocycles. The van der Waals surface area contributed by atoms with Gasteiger partial charge in [-0.3, -0.25) is 4.79 Å². The number of hydrogen-bond donors (Lipinski definition) is 2. The SMILES string of the molecule is CC(C)CNCc1cnc(N2CCC(C(N)=O)CC2)nc1. The predicted octanol–water partition coefficient (Wildman–Crippen LogP) is 0.924. The highest BCUT2D eigenvalue weighted by Crippen LogP contribution is 2.20. The van der Waals surface area contributed by atoms with Gasteiger partial charge >= 0.3 is 0 Å². The number of nitrogens with zero attached hydrogens (tertiary/aromatic N) is 3. The van der Waals surface area contributed by atoms with Crippen molar-refractivity contribution in [2.75, 3.05) is 24.5 Å². The number of hydrogen-bond acceptors (Lipinski definition) is 5. The quantitative estimate of drug-likeness (QED) is 0.814. The minimum Gasteiger partial charge on any atom is -0.369 e. The van der Waals surface area contributed by atoms with E-state index >= 15 is 0 Å². The lowest BCUT2D eigenvalue weighted by molar-refractivity contribution is -0.122. The normalized spacial score (nSPS) is 16.4. The van der Waals surface area contributed by atoms with Gasteiger partial charge < -0.3 is 16.0 Å². The number of rotatable bonds is 6. The molecule has 1 aliphatic rings. The fourth-order valence-electron chi connectivity index (χ4n) is 2.47. The van der Waals surface area contributed by atoms with Gasteiger partial charge in [0, 0.05) is 43.5 Å². The molecule has 3 N–H and O–H groups in total. The molecule has 0 bridgehead atoms. The maximum Gasteiger partial charge on any atom is 0.225 e. The fraction of sp³-hybridized carbons (Fsp3) is 0.667. The molecule has 0 saturated carbocycles. The molecular formula is C15H25N5O. The van der Waals surface area contributed by atoms with Crippen molar-refractivity contribution in [3.8, 4) is 0 Å². The van der Waals surface area contributed by atoms with Gasteiger partial charge in [0.15, 0.2) is 0 Å². The Morgan fingerprint density at radius 3 is 2.52 bits per heavy atom. The zero-order valence-corrected chi connectivity index (χ0v) is 12.9. The standard InChI is InChI=1S/C15H25N5O/c1-11(2)7-17-8-12-9-18-15(19-10-12)20-5-3-13(4-6-20)14(16)21/h9-11,13,17H,3-8H2,1-2H3,(H2,16,21). The van der Waals surface area contributed by atoms with Crippen LogP contribution in [0.2, 0.25) is 0 Å². The van der Waals surface area contributed by atoms with E-state index in [1.54, 1.807) is 0 Å². The Bertz CT molecular complexity index is 452. The Labute approximate surface area is 126 Å². The number of nitrogens with two attached hydrogens (primary N) is 1. The highest BCUT2D eigenvalue weighted by Gasteiger charge is 2.24. The van der Waals surface area contributed by atoms with Gasteiger partial charge in [-0.1, -0.05) is 13.8 Å². The van der Waals surface area contributed by atoms with Crippen LogP contribution in [0.5, 0.6) is 0 Å². The summed E-state index contributed by atoms with van der Waals surface area (Å²) in [6.45, 7) is 7.73. The Kier molecular flexibility index (Phi) is 5.50. The molecule has 0 radical (unpaired) electrons. The van der Waals surface area contributed by atoms with E-state index in [4.69, 9.17) is 5.73 Å². The van der Waals surface area contributed by atoms with Crippen molar-refractivity contribution in [3.63, 3.8) is 0 Å². The van der Waals surface area contributed by atoms with Crippen molar-refractivity contribution in [1.29, 1.82) is 0 Å². The number of carbonyl (C=O) groups excluding carboxylic acids is 1. The van der Waals surface area contributed by atoms with E-state index in [0.717, 1.165) is 50.5 Å². The van der Waals surface area contributed by atoms with Crippen LogP contribution in [0.1, 0.15) is 32.3 Å². The average molecular weight is 291 g/mol. The molecule has 0 aliphatic carbocycles. The third kappa shape index (κ3) is 4.67. The van der Waals surface area contributed by atoms with Crippen molar-refractivity contribution in [2.45, 2.75) is 33.2 Å². The van der Waals surface area contributed by atoms with Gasteiger partial charge in [-0.15, -0.1) is 0 Å². The zero-order chi connectivity index (χ0) is 15.2. The van der Waals surface area contributed by atoms with Crippen LogP contribution in [-0.2, 0) is 11.3 Å². The summed E-state index contributed by atoms with van der Waals surface area (Å²) in [6, 6.07) is 0. The second-order valence-electron chi connectivity index (χ2n) is 6.08. The third-order valence-electron chi connectivity index (χ3n) is 3.75. The second kappa shape index (κ2) is 7.36. The highest BCUT2D eigenvalue weighted by atomic mass is 16.1. The fourth-order valence-corrected chi connectivity index (χ4v) is 2.47. The monoisotopic (exact) mass is 291 g/mol. The van der Waals surface area contributed by atoms with Gasteiger partial charge in [0.05, 0.1) is 0 Å². The molecule has 1 aromatic rings. The molecule has 21 heavy (non-hydrogen) atoms. The summed E-state index contributed by atoms with van der Waals surface area (Å²) >= 11 is 0. The van der Waals surface area contributed by atoms with Crippen LogP contribution in [0, 0.1) is 11.8 Å². The van der Waals surface area contributed by atoms with Crippen LogP contribution in [0.15, 0.2) is 12.4 Å². The van der Waals surface area contributed by atoms with E-state index in [0.29, 0.717) is 5.92 Å². The molecular weight excluding hydrogens is 266 g/mol. The number of primary amides is 1. The van der Waals surface area contributed by atoms with Crippen LogP contribution < -0.4 is 16.0 Å². The van der Waals surface area contributed by atoms with E-state index in [1.165, 1.54) is 0 Å². The molecule has 1 amide bonds. The number of anilines is 1. The molecule has 6 heteroatoms. The summed E-state index contributed by atoms with van der Waals surface area (Å²) in [7, 11) is 0. The van der Waals surface area contributed by atoms with Gasteiger partial charge in [0.1, 0.15) is 0 Å². The Morgan fingerprint density at radius 1 is 1.38 bits per heavy atom. The van der Waals surface area contributed by atoms with Crippen LogP contribution >= 0.6 is 0 Å². The minimum atomic E-state index is -0.192. The lowest BCUT2D eigenvalue weighted by Crippen LogP contribution is -2.39. The summed E-state index contributed by atoms with van der Waals surface area (Å²) < 4.78 is 0. The van der Waals surface area contributed by atoms with E-state index in [-0.39, 0.29) is 11.8 Å². The van der Waals surface area contributed by atoms with E-state index in [2.05, 4.69) is 34.0 Å². The first kappa shape index (κ1) is 15.7. The van der Waals surface area contributed by atoms with Crippen LogP contribution in [0.4, 0.5) is 5.95 Å². The zero-order valence-electron chi connectivity index (χ0n) is 12.9. The predicted molar refractivity (Wildman–Crippen MR) is 82.7 cm³/mol. The van der Waals surface area contributed by atoms with Crippen LogP contribution in [0.25, 0.3) is 0 Å². The first-order chi connectivity index (χ1) is 10.1. The van der Waals surface area contributed by atoms with E-state index in [1.807, 2.05) is 12.4 Å². The molecule has 2 heterocycles. The highest BCUT2D eigenvalue weighted by molar-refractivity contribution is 5.76. The van der Waals surface area contributed by atoms with E-state index < -0.39 is 0 Å². The Morgan fingerprint density at radius 2 is 2.00 bits per heavy atom. The summed E-state index contributed by atoms with van der Waals surface area (Å²) in [4.78, 5) is 22.1. The maximum atomic E-state index is 11.2. The van der Waals surface area contributed by atoms with Crippen molar-refractivity contribution >= 4 is 11.9 Å². The molecule has 0 unspecified atom stereocenters. The van der Waals surface area contributed by atoms with E-state index in [9.17, 15) is 4.79 Å². The molecule has 0 atom stereocenters. The van der Waals surface area contributed by atoms with Gasteiger partial charge in [-0.2, -0.15) is 0 Å². The number of carbonyl (C=O) groups is 1. The van der Waals surface area contributed by atoms with Crippen LogP contribution in [0.3, 0.4) is 0 Å². The lowest BCUT2D eigenvalue weighted by atomic mass is 9.96. The summed E-state index contributed by atoms with van der Waals surface area (Å²) in [6.07, 6.45) is 5.32. The van der Waals surface area contributed by atoms with Gasteiger partial charge in [0.2, 0.25) is 11.9 Å². The molecule has 0 spiro atoms. The Hall–Kier alpha value is -1.69. The van der Waals surface area contributed by atoms with Crippen molar-refractivity contribution < 1.29 is 4.79 Å². The Balaban J connectivity index is 1.84. The molecule has 1 aliphatic heterocycles. The maximum absolute atomic E-state index is 11.2. The first-order valence-corrected chi connectivity index (χ1v) is 7.62. The molecule has 0 aromatic carbocycles. The molecule has 116 valence electrons. The summed E-state index contributed by atoms with van der Waals surface area (Å²) in [5.41, 5.74) is 6.43. The summed E-state index contributed by atoms with van der Waals surface area (Å²) in [5, 5.41) is 3.37.